The average Bonchev–Trinajstić information content (AvgIpc) is 2.38. The van der Waals surface area contributed by atoms with Crippen LogP contribution in [0.5, 0.6) is 0 Å². The minimum Gasteiger partial charge on any atom is -0.497 e. The Bertz CT molecular complexity index is 392. The molecule has 1 aromatic rings. The van der Waals surface area contributed by atoms with Crippen LogP contribution in [-0.4, -0.2) is 12.6 Å². The summed E-state index contributed by atoms with van der Waals surface area (Å²) in [4.78, 5) is 0. The van der Waals surface area contributed by atoms with Crippen molar-refractivity contribution in [2.45, 2.75) is 31.9 Å². The van der Waals surface area contributed by atoms with Crippen LogP contribution >= 0.6 is 15.9 Å². The van der Waals surface area contributed by atoms with Crippen LogP contribution in [0.4, 0.5) is 0 Å². The number of ether oxygens (including phenoxy) is 1. The van der Waals surface area contributed by atoms with Crippen LogP contribution in [-0.2, 0) is 4.74 Å². The molecule has 1 N–H and O–H groups in total. The van der Waals surface area contributed by atoms with Crippen molar-refractivity contribution in [2.75, 3.05) is 6.54 Å². The van der Waals surface area contributed by atoms with Gasteiger partial charge in [0.2, 0.25) is 0 Å². The minimum atomic E-state index is 0.310. The zero-order chi connectivity index (χ0) is 12.1. The summed E-state index contributed by atoms with van der Waals surface area (Å²) in [5.41, 5.74) is 1.29. The molecular weight excluding hydrogens is 278 g/mol. The summed E-state index contributed by atoms with van der Waals surface area (Å²) >= 11 is 3.58. The summed E-state index contributed by atoms with van der Waals surface area (Å²) in [7, 11) is 0. The van der Waals surface area contributed by atoms with E-state index in [-0.39, 0.29) is 0 Å². The lowest BCUT2D eigenvalue weighted by atomic mass is 10.1. The molecule has 3 heteroatoms. The SMILES string of the molecule is CC(NCC1CCC=CO1)c1ccccc1Br. The molecule has 0 saturated carbocycles. The third kappa shape index (κ3) is 3.58. The first-order valence-corrected chi connectivity index (χ1v) is 6.85. The summed E-state index contributed by atoms with van der Waals surface area (Å²) in [6.07, 6.45) is 6.43. The van der Waals surface area contributed by atoms with Crippen LogP contribution in [0.15, 0.2) is 41.1 Å². The second-order valence-corrected chi connectivity index (χ2v) is 5.21. The van der Waals surface area contributed by atoms with Crippen molar-refractivity contribution in [3.8, 4) is 0 Å². The molecular formula is C14H18BrNO. The van der Waals surface area contributed by atoms with Crippen molar-refractivity contribution < 1.29 is 4.74 Å². The molecule has 0 fully saturated rings. The lowest BCUT2D eigenvalue weighted by Crippen LogP contribution is -2.31. The summed E-state index contributed by atoms with van der Waals surface area (Å²) in [6, 6.07) is 8.66. The summed E-state index contributed by atoms with van der Waals surface area (Å²) < 4.78 is 6.70. The fraction of sp³-hybridized carbons (Fsp3) is 0.429. The highest BCUT2D eigenvalue weighted by Crippen LogP contribution is 2.23. The van der Waals surface area contributed by atoms with Crippen molar-refractivity contribution in [1.82, 2.24) is 5.32 Å². The van der Waals surface area contributed by atoms with E-state index in [0.29, 0.717) is 12.1 Å². The van der Waals surface area contributed by atoms with E-state index in [1.165, 1.54) is 5.56 Å². The average molecular weight is 296 g/mol. The van der Waals surface area contributed by atoms with Gasteiger partial charge in [0.15, 0.2) is 0 Å². The van der Waals surface area contributed by atoms with Crippen molar-refractivity contribution in [2.24, 2.45) is 0 Å². The van der Waals surface area contributed by atoms with E-state index in [2.05, 4.69) is 52.4 Å². The Hall–Kier alpha value is -0.800. The maximum atomic E-state index is 5.54. The van der Waals surface area contributed by atoms with Gasteiger partial charge in [-0.2, -0.15) is 0 Å². The van der Waals surface area contributed by atoms with Crippen LogP contribution in [0.25, 0.3) is 0 Å². The van der Waals surface area contributed by atoms with Gasteiger partial charge >= 0.3 is 0 Å². The molecule has 1 heterocycles. The van der Waals surface area contributed by atoms with Gasteiger partial charge in [-0.05, 0) is 37.5 Å². The minimum absolute atomic E-state index is 0.310. The molecule has 1 aliphatic heterocycles. The van der Waals surface area contributed by atoms with E-state index in [9.17, 15) is 0 Å². The van der Waals surface area contributed by atoms with E-state index in [1.54, 1.807) is 0 Å². The normalized spacial score (nSPS) is 20.9. The standard InChI is InChI=1S/C14H18BrNO/c1-11(13-7-2-3-8-14(13)15)16-10-12-6-4-5-9-17-12/h2-3,5,7-9,11-12,16H,4,6,10H2,1H3. The molecule has 0 saturated heterocycles. The van der Waals surface area contributed by atoms with E-state index < -0.39 is 0 Å². The fourth-order valence-electron chi connectivity index (χ4n) is 1.98. The van der Waals surface area contributed by atoms with E-state index in [4.69, 9.17) is 4.74 Å². The van der Waals surface area contributed by atoms with Gasteiger partial charge in [-0.3, -0.25) is 0 Å². The molecule has 92 valence electrons. The Morgan fingerprint density at radius 2 is 2.29 bits per heavy atom. The van der Waals surface area contributed by atoms with Crippen molar-refractivity contribution >= 4 is 15.9 Å². The number of hydrogen-bond donors (Lipinski definition) is 1. The van der Waals surface area contributed by atoms with Crippen LogP contribution in [0.1, 0.15) is 31.4 Å². The van der Waals surface area contributed by atoms with Gasteiger partial charge in [0.25, 0.3) is 0 Å². The molecule has 2 nitrogen and oxygen atoms in total. The fourth-order valence-corrected chi connectivity index (χ4v) is 2.61. The van der Waals surface area contributed by atoms with E-state index in [1.807, 2.05) is 12.3 Å². The van der Waals surface area contributed by atoms with Gasteiger partial charge in [-0.25, -0.2) is 0 Å². The van der Waals surface area contributed by atoms with E-state index >= 15 is 0 Å². The van der Waals surface area contributed by atoms with Crippen LogP contribution in [0.2, 0.25) is 0 Å². The summed E-state index contributed by atoms with van der Waals surface area (Å²) in [6.45, 7) is 3.08. The summed E-state index contributed by atoms with van der Waals surface area (Å²) in [5, 5.41) is 3.52. The molecule has 17 heavy (non-hydrogen) atoms. The molecule has 1 aromatic carbocycles. The lowest BCUT2D eigenvalue weighted by molar-refractivity contribution is 0.120. The topological polar surface area (TPSA) is 21.3 Å². The Kier molecular flexibility index (Phi) is 4.63. The Morgan fingerprint density at radius 1 is 1.47 bits per heavy atom. The van der Waals surface area contributed by atoms with Crippen molar-refractivity contribution in [1.29, 1.82) is 0 Å². The van der Waals surface area contributed by atoms with Gasteiger partial charge in [0.05, 0.1) is 6.26 Å². The second-order valence-electron chi connectivity index (χ2n) is 4.36. The summed E-state index contributed by atoms with van der Waals surface area (Å²) in [5.74, 6) is 0. The molecule has 0 spiro atoms. The van der Waals surface area contributed by atoms with Gasteiger partial charge in [0.1, 0.15) is 6.10 Å². The number of rotatable bonds is 4. The molecule has 0 radical (unpaired) electrons. The zero-order valence-corrected chi connectivity index (χ0v) is 11.6. The molecule has 2 atom stereocenters. The largest absolute Gasteiger partial charge is 0.497 e. The number of hydrogen-bond acceptors (Lipinski definition) is 2. The monoisotopic (exact) mass is 295 g/mol. The highest BCUT2D eigenvalue weighted by atomic mass is 79.9. The van der Waals surface area contributed by atoms with Gasteiger partial charge in [0, 0.05) is 17.1 Å². The van der Waals surface area contributed by atoms with E-state index in [0.717, 1.165) is 23.9 Å². The number of benzene rings is 1. The molecule has 0 aromatic heterocycles. The number of nitrogens with one attached hydrogen (secondary N) is 1. The predicted octanol–water partition coefficient (Wildman–Crippen LogP) is 3.79. The van der Waals surface area contributed by atoms with Crippen molar-refractivity contribution in [3.63, 3.8) is 0 Å². The molecule has 0 aliphatic carbocycles. The molecule has 1 aliphatic rings. The zero-order valence-electron chi connectivity index (χ0n) is 10.0. The van der Waals surface area contributed by atoms with Gasteiger partial charge in [-0.15, -0.1) is 0 Å². The highest BCUT2D eigenvalue weighted by molar-refractivity contribution is 9.10. The first-order chi connectivity index (χ1) is 8.27. The Morgan fingerprint density at radius 3 is 3.00 bits per heavy atom. The third-order valence-corrected chi connectivity index (χ3v) is 3.77. The number of allylic oxidation sites excluding steroid dienone is 1. The lowest BCUT2D eigenvalue weighted by Gasteiger charge is -2.23. The smallest absolute Gasteiger partial charge is 0.110 e. The van der Waals surface area contributed by atoms with Crippen LogP contribution in [0.3, 0.4) is 0 Å². The first-order valence-electron chi connectivity index (χ1n) is 6.05. The van der Waals surface area contributed by atoms with Crippen LogP contribution < -0.4 is 5.32 Å². The van der Waals surface area contributed by atoms with Crippen molar-refractivity contribution in [3.05, 3.63) is 46.6 Å². The molecule has 2 rings (SSSR count). The molecule has 2 unspecified atom stereocenters. The maximum absolute atomic E-state index is 5.54. The first kappa shape index (κ1) is 12.7. The van der Waals surface area contributed by atoms with Crippen LogP contribution in [0, 0.1) is 0 Å². The maximum Gasteiger partial charge on any atom is 0.110 e. The number of halogens is 1. The molecule has 0 amide bonds. The predicted molar refractivity (Wildman–Crippen MR) is 73.8 cm³/mol. The molecule has 0 bridgehead atoms. The second kappa shape index (κ2) is 6.22. The Balaban J connectivity index is 1.87. The Labute approximate surface area is 111 Å². The quantitative estimate of drug-likeness (QED) is 0.912. The van der Waals surface area contributed by atoms with Gasteiger partial charge in [-0.1, -0.05) is 34.1 Å². The third-order valence-electron chi connectivity index (χ3n) is 3.05. The van der Waals surface area contributed by atoms with Gasteiger partial charge < -0.3 is 10.1 Å². The highest BCUT2D eigenvalue weighted by Gasteiger charge is 2.13.